The van der Waals surface area contributed by atoms with Gasteiger partial charge in [0.25, 0.3) is 0 Å². The van der Waals surface area contributed by atoms with Gasteiger partial charge >= 0.3 is 19.9 Å². The van der Waals surface area contributed by atoms with Crippen molar-refractivity contribution in [1.82, 2.24) is 24.9 Å². The largest absolute Gasteiger partial charge is 0.472 e. The number of amides is 1. The van der Waals surface area contributed by atoms with Gasteiger partial charge in [-0.2, -0.15) is 9.97 Å². The molecule has 43 heavy (non-hydrogen) atoms. The molecule has 0 spiro atoms. The van der Waals surface area contributed by atoms with Crippen LogP contribution in [0.4, 0.5) is 20.7 Å². The number of H-pyrrole nitrogens is 1. The molecule has 1 saturated carbocycles. The lowest BCUT2D eigenvalue weighted by atomic mass is 10.0. The molecule has 2 fully saturated rings. The van der Waals surface area contributed by atoms with Gasteiger partial charge in [0.1, 0.15) is 23.4 Å². The molecule has 1 aliphatic heterocycles. The number of benzene rings is 1. The summed E-state index contributed by atoms with van der Waals surface area (Å²) in [5.74, 6) is 0.525. The summed E-state index contributed by atoms with van der Waals surface area (Å²) in [6, 6.07) is 2.53. The highest BCUT2D eigenvalue weighted by atomic mass is 31.2. The van der Waals surface area contributed by atoms with E-state index in [1.165, 1.54) is 32.4 Å². The van der Waals surface area contributed by atoms with Crippen LogP contribution in [0.1, 0.15) is 31.7 Å². The zero-order valence-corrected chi connectivity index (χ0v) is 23.8. The summed E-state index contributed by atoms with van der Waals surface area (Å²) in [4.78, 5) is 53.9. The fraction of sp³-hybridized carbons (Fsp3) is 0.400. The van der Waals surface area contributed by atoms with Gasteiger partial charge in [-0.15, -0.1) is 0 Å². The number of rotatable bonds is 8. The van der Waals surface area contributed by atoms with Crippen molar-refractivity contribution >= 4 is 47.4 Å². The lowest BCUT2D eigenvalue weighted by Gasteiger charge is -2.31. The first-order valence-electron chi connectivity index (χ1n) is 13.2. The van der Waals surface area contributed by atoms with Gasteiger partial charge in [-0.1, -0.05) is 0 Å². The van der Waals surface area contributed by atoms with Gasteiger partial charge in [0.05, 0.1) is 29.0 Å². The maximum atomic E-state index is 15.1. The van der Waals surface area contributed by atoms with Crippen LogP contribution in [0.25, 0.3) is 21.9 Å². The van der Waals surface area contributed by atoms with Crippen LogP contribution in [0, 0.1) is 11.7 Å². The number of halogens is 1. The zero-order chi connectivity index (χ0) is 30.6. The van der Waals surface area contributed by atoms with Crippen LogP contribution in [0.2, 0.25) is 0 Å². The third-order valence-electron chi connectivity index (χ3n) is 7.60. The number of phosphoric acid groups is 1. The monoisotopic (exact) mass is 618 g/mol. The van der Waals surface area contributed by atoms with Gasteiger partial charge in [-0.25, -0.2) is 28.2 Å². The Hall–Kier alpha value is -3.99. The van der Waals surface area contributed by atoms with Crippen LogP contribution in [0.3, 0.4) is 0 Å². The molecule has 1 saturated heterocycles. The Kier molecular flexibility index (Phi) is 7.40. The highest BCUT2D eigenvalue weighted by Crippen LogP contribution is 2.44. The summed E-state index contributed by atoms with van der Waals surface area (Å²) in [7, 11) is -3.57. The number of aromatic nitrogens is 5. The Morgan fingerprint density at radius 1 is 1.28 bits per heavy atom. The van der Waals surface area contributed by atoms with Crippen LogP contribution < -0.4 is 20.3 Å². The smallest absolute Gasteiger partial charge is 0.421 e. The maximum absolute atomic E-state index is 15.1. The number of nitrogens with two attached hydrogens (primary N) is 1. The lowest BCUT2D eigenvalue weighted by molar-refractivity contribution is 0.0440. The van der Waals surface area contributed by atoms with Gasteiger partial charge in [0.2, 0.25) is 6.79 Å². The number of hydrogen-bond donors (Lipinski definition) is 5. The Bertz CT molecular complexity index is 1750. The number of aromatic amines is 1. The van der Waals surface area contributed by atoms with Crippen LogP contribution in [-0.4, -0.2) is 78.4 Å². The molecule has 6 N–H and O–H groups in total. The molecule has 18 heteroatoms. The van der Waals surface area contributed by atoms with Crippen LogP contribution >= 0.6 is 7.82 Å². The normalized spacial score (nSPS) is 20.6. The first-order chi connectivity index (χ1) is 20.4. The summed E-state index contributed by atoms with van der Waals surface area (Å²) in [6.07, 6.45) is 2.49. The Morgan fingerprint density at radius 3 is 2.65 bits per heavy atom. The first kappa shape index (κ1) is 29.1. The second kappa shape index (κ2) is 10.9. The van der Waals surface area contributed by atoms with Crippen LogP contribution in [-0.2, 0) is 13.8 Å². The van der Waals surface area contributed by atoms with Gasteiger partial charge in [0.15, 0.2) is 11.6 Å². The number of piperidine rings is 1. The molecule has 16 nitrogen and oxygen atoms in total. The number of fused-ring (bicyclic) bond motifs is 5. The van der Waals surface area contributed by atoms with Crippen molar-refractivity contribution in [2.75, 3.05) is 30.2 Å². The van der Waals surface area contributed by atoms with Gasteiger partial charge in [-0.3, -0.25) is 4.90 Å². The summed E-state index contributed by atoms with van der Waals surface area (Å²) in [5.41, 5.74) is 6.98. The van der Waals surface area contributed by atoms with E-state index in [0.29, 0.717) is 34.3 Å². The predicted molar refractivity (Wildman–Crippen MR) is 149 cm³/mol. The average Bonchev–Trinajstić information content (AvgIpc) is 3.63. The van der Waals surface area contributed by atoms with E-state index in [2.05, 4.69) is 29.4 Å². The molecule has 3 aromatic heterocycles. The van der Waals surface area contributed by atoms with E-state index in [-0.39, 0.29) is 41.3 Å². The third-order valence-corrected chi connectivity index (χ3v) is 8.04. The molecular weight excluding hydrogens is 590 g/mol. The molecule has 1 aromatic carbocycles. The number of phosphoric ester groups is 1. The fourth-order valence-electron chi connectivity index (χ4n) is 5.62. The van der Waals surface area contributed by atoms with Gasteiger partial charge in [0, 0.05) is 31.1 Å². The number of anilines is 2. The van der Waals surface area contributed by atoms with Crippen molar-refractivity contribution in [1.29, 1.82) is 0 Å². The minimum atomic E-state index is -4.87. The van der Waals surface area contributed by atoms with Crippen molar-refractivity contribution in [2.24, 2.45) is 11.7 Å². The standard InChI is InChI=1S/C25H28FN8O8P/c1-11(35)21-28-7-15(8-29-21)42-24-31-22-19(23(32-24)34-9-12-3-14(34)6-17(12)27)16-4-13(26)5-18(20(16)30-22)33(2)25(36)40-10-41-43(37,38)39/h4-5,7-8,11-12,14,17,35H,3,6,9-10,27H2,1-2H3,(H,30,31,32)(H2,37,38,39)/t11-,12-,14-,17-/m1/s1. The van der Waals surface area contributed by atoms with E-state index in [1.807, 2.05) is 0 Å². The molecule has 1 aliphatic carbocycles. The summed E-state index contributed by atoms with van der Waals surface area (Å²) in [5, 5.41) is 10.6. The van der Waals surface area contributed by atoms with Crippen LogP contribution in [0.15, 0.2) is 24.5 Å². The Morgan fingerprint density at radius 2 is 2.02 bits per heavy atom. The van der Waals surface area contributed by atoms with E-state index in [4.69, 9.17) is 30.0 Å². The summed E-state index contributed by atoms with van der Waals surface area (Å²) < 4.78 is 40.8. The molecule has 1 amide bonds. The molecule has 0 unspecified atom stereocenters. The van der Waals surface area contributed by atoms with Gasteiger partial charge in [-0.05, 0) is 37.8 Å². The van der Waals surface area contributed by atoms with E-state index in [9.17, 15) is 14.5 Å². The van der Waals surface area contributed by atoms with Gasteiger partial charge < -0.3 is 40.0 Å². The first-order valence-corrected chi connectivity index (χ1v) is 14.7. The maximum Gasteiger partial charge on any atom is 0.472 e. The molecule has 4 heterocycles. The summed E-state index contributed by atoms with van der Waals surface area (Å²) in [6.45, 7) is 1.15. The summed E-state index contributed by atoms with van der Waals surface area (Å²) >= 11 is 0. The number of ether oxygens (including phenoxy) is 2. The number of aliphatic hydroxyl groups is 1. The minimum absolute atomic E-state index is 0.0427. The lowest BCUT2D eigenvalue weighted by Crippen LogP contribution is -2.41. The van der Waals surface area contributed by atoms with E-state index in [1.54, 1.807) is 0 Å². The molecule has 4 atom stereocenters. The van der Waals surface area contributed by atoms with Crippen molar-refractivity contribution in [3.05, 3.63) is 36.2 Å². The second-order valence-corrected chi connectivity index (χ2v) is 11.7. The Labute approximate surface area is 242 Å². The molecule has 228 valence electrons. The number of nitrogens with zero attached hydrogens (tertiary/aromatic N) is 6. The van der Waals surface area contributed by atoms with Crippen LogP contribution in [0.5, 0.6) is 11.8 Å². The van der Waals surface area contributed by atoms with Crippen molar-refractivity contribution in [3.63, 3.8) is 0 Å². The quantitative estimate of drug-likeness (QED) is 0.141. The number of aliphatic hydroxyl groups excluding tert-OH is 1. The van der Waals surface area contributed by atoms with Crippen molar-refractivity contribution in [2.45, 2.75) is 38.0 Å². The number of hydrogen-bond acceptors (Lipinski definition) is 12. The molecule has 0 radical (unpaired) electrons. The number of nitrogens with one attached hydrogen (secondary N) is 1. The van der Waals surface area contributed by atoms with Crippen molar-refractivity contribution in [3.8, 4) is 11.8 Å². The molecule has 6 rings (SSSR count). The molecule has 2 bridgehead atoms. The highest BCUT2D eigenvalue weighted by molar-refractivity contribution is 7.46. The molecular formula is C25H28FN8O8P. The zero-order valence-electron chi connectivity index (χ0n) is 22.9. The predicted octanol–water partition coefficient (Wildman–Crippen LogP) is 2.45. The topological polar surface area (TPSA) is 222 Å². The molecule has 4 aromatic rings. The van der Waals surface area contributed by atoms with E-state index < -0.39 is 32.6 Å². The van der Waals surface area contributed by atoms with E-state index >= 15 is 4.39 Å². The third kappa shape index (κ3) is 5.70. The van der Waals surface area contributed by atoms with Crippen molar-refractivity contribution < 1.29 is 42.6 Å². The highest BCUT2D eigenvalue weighted by Gasteiger charge is 2.44. The Balaban J connectivity index is 1.43. The fourth-order valence-corrected chi connectivity index (χ4v) is 5.81. The SMILES string of the molecule is C[C@@H](O)c1ncc(Oc2nc(N3C[C@H]4C[C@@H]3C[C@H]4N)c3c(n2)[nH]c2c(N(C)C(=O)OCOP(=O)(O)O)cc(F)cc23)cn1. The average molecular weight is 619 g/mol. The minimum Gasteiger partial charge on any atom is -0.421 e. The second-order valence-electron chi connectivity index (χ2n) is 10.5. The number of carbonyl (C=O) groups is 1. The molecule has 2 aliphatic rings. The van der Waals surface area contributed by atoms with E-state index in [0.717, 1.165) is 23.8 Å². The number of carbonyl (C=O) groups excluding carboxylic acids is 1.